The summed E-state index contributed by atoms with van der Waals surface area (Å²) in [5.41, 5.74) is 3.66. The highest BCUT2D eigenvalue weighted by atomic mass is 16.5. The maximum absolute atomic E-state index is 5.85. The van der Waals surface area contributed by atoms with Crippen molar-refractivity contribution in [1.29, 1.82) is 0 Å². The minimum absolute atomic E-state index is 0.691. The lowest BCUT2D eigenvalue weighted by Gasteiger charge is -2.10. The predicted molar refractivity (Wildman–Crippen MR) is 78.1 cm³/mol. The molecule has 2 aromatic carbocycles. The summed E-state index contributed by atoms with van der Waals surface area (Å²) >= 11 is 0. The fourth-order valence-electron chi connectivity index (χ4n) is 1.93. The van der Waals surface area contributed by atoms with Crippen LogP contribution in [0.5, 0.6) is 11.5 Å². The van der Waals surface area contributed by atoms with Crippen LogP contribution in [0, 0.1) is 13.8 Å². The van der Waals surface area contributed by atoms with Gasteiger partial charge in [-0.3, -0.25) is 0 Å². The lowest BCUT2D eigenvalue weighted by molar-refractivity contribution is 0.319. The van der Waals surface area contributed by atoms with Gasteiger partial charge in [0.15, 0.2) is 0 Å². The van der Waals surface area contributed by atoms with Crippen LogP contribution in [-0.4, -0.2) is 13.7 Å². The zero-order valence-corrected chi connectivity index (χ0v) is 11.8. The molecule has 0 aromatic heterocycles. The van der Waals surface area contributed by atoms with Crippen LogP contribution in [0.25, 0.3) is 0 Å². The maximum Gasteiger partial charge on any atom is 0.122 e. The molecular formula is C17H20O2. The highest BCUT2D eigenvalue weighted by molar-refractivity contribution is 5.36. The summed E-state index contributed by atoms with van der Waals surface area (Å²) in [5, 5.41) is 0. The molecule has 0 N–H and O–H groups in total. The summed E-state index contributed by atoms with van der Waals surface area (Å²) < 4.78 is 11.0. The molecule has 2 rings (SSSR count). The van der Waals surface area contributed by atoms with E-state index in [1.165, 1.54) is 16.7 Å². The van der Waals surface area contributed by atoms with Gasteiger partial charge in [0.25, 0.3) is 0 Å². The predicted octanol–water partition coefficient (Wildman–Crippen LogP) is 3.93. The van der Waals surface area contributed by atoms with Gasteiger partial charge in [0.2, 0.25) is 0 Å². The van der Waals surface area contributed by atoms with E-state index in [9.17, 15) is 0 Å². The van der Waals surface area contributed by atoms with Gasteiger partial charge >= 0.3 is 0 Å². The summed E-state index contributed by atoms with van der Waals surface area (Å²) in [7, 11) is 1.68. The van der Waals surface area contributed by atoms with Crippen molar-refractivity contribution in [1.82, 2.24) is 0 Å². The molecule has 0 atom stereocenters. The summed E-state index contributed by atoms with van der Waals surface area (Å²) in [4.78, 5) is 0. The van der Waals surface area contributed by atoms with Crippen molar-refractivity contribution in [2.45, 2.75) is 20.3 Å². The number of methoxy groups -OCH3 is 1. The second-order valence-electron chi connectivity index (χ2n) is 4.72. The minimum atomic E-state index is 0.691. The van der Waals surface area contributed by atoms with E-state index in [0.717, 1.165) is 17.9 Å². The van der Waals surface area contributed by atoms with Crippen molar-refractivity contribution >= 4 is 0 Å². The lowest BCUT2D eigenvalue weighted by Crippen LogP contribution is -2.02. The number of ether oxygens (including phenoxy) is 2. The fourth-order valence-corrected chi connectivity index (χ4v) is 1.93. The topological polar surface area (TPSA) is 18.5 Å². The van der Waals surface area contributed by atoms with Crippen molar-refractivity contribution in [3.8, 4) is 11.5 Å². The zero-order chi connectivity index (χ0) is 13.7. The highest BCUT2D eigenvalue weighted by Gasteiger charge is 2.00. The van der Waals surface area contributed by atoms with E-state index >= 15 is 0 Å². The number of aryl methyl sites for hydroxylation is 2. The SMILES string of the molecule is COc1ccc(CCOc2cc(C)ccc2C)cc1. The van der Waals surface area contributed by atoms with Crippen LogP contribution in [0.15, 0.2) is 42.5 Å². The molecule has 2 aromatic rings. The fraction of sp³-hybridized carbons (Fsp3) is 0.294. The molecular weight excluding hydrogens is 236 g/mol. The average Bonchev–Trinajstić information content (AvgIpc) is 2.43. The van der Waals surface area contributed by atoms with Crippen LogP contribution in [-0.2, 0) is 6.42 Å². The molecule has 0 saturated carbocycles. The van der Waals surface area contributed by atoms with Crippen molar-refractivity contribution in [3.05, 3.63) is 59.2 Å². The van der Waals surface area contributed by atoms with E-state index in [0.29, 0.717) is 6.61 Å². The molecule has 0 fully saturated rings. The van der Waals surface area contributed by atoms with Gasteiger partial charge in [0, 0.05) is 6.42 Å². The first-order valence-electron chi connectivity index (χ1n) is 6.52. The van der Waals surface area contributed by atoms with E-state index in [2.05, 4.69) is 44.2 Å². The molecule has 2 nitrogen and oxygen atoms in total. The smallest absolute Gasteiger partial charge is 0.122 e. The van der Waals surface area contributed by atoms with Crippen LogP contribution in [0.4, 0.5) is 0 Å². The Hall–Kier alpha value is -1.96. The Balaban J connectivity index is 1.90. The molecule has 19 heavy (non-hydrogen) atoms. The number of hydrogen-bond acceptors (Lipinski definition) is 2. The van der Waals surface area contributed by atoms with Gasteiger partial charge in [-0.1, -0.05) is 24.3 Å². The molecule has 0 spiro atoms. The molecule has 0 heterocycles. The van der Waals surface area contributed by atoms with Crippen LogP contribution in [0.3, 0.4) is 0 Å². The quantitative estimate of drug-likeness (QED) is 0.807. The highest BCUT2D eigenvalue weighted by Crippen LogP contribution is 2.19. The second-order valence-corrected chi connectivity index (χ2v) is 4.72. The van der Waals surface area contributed by atoms with Gasteiger partial charge < -0.3 is 9.47 Å². The first kappa shape index (κ1) is 13.5. The maximum atomic E-state index is 5.85. The summed E-state index contributed by atoms with van der Waals surface area (Å²) in [6.45, 7) is 4.84. The Morgan fingerprint density at radius 2 is 1.68 bits per heavy atom. The molecule has 2 heteroatoms. The Morgan fingerprint density at radius 3 is 2.37 bits per heavy atom. The standard InChI is InChI=1S/C17H20O2/c1-13-4-5-14(2)17(12-13)19-11-10-15-6-8-16(18-3)9-7-15/h4-9,12H,10-11H2,1-3H3. The van der Waals surface area contributed by atoms with Crippen LogP contribution >= 0.6 is 0 Å². The van der Waals surface area contributed by atoms with E-state index < -0.39 is 0 Å². The second kappa shape index (κ2) is 6.28. The van der Waals surface area contributed by atoms with E-state index in [4.69, 9.17) is 9.47 Å². The Bertz CT molecular complexity index is 529. The molecule has 0 aliphatic heterocycles. The first-order chi connectivity index (χ1) is 9.19. The van der Waals surface area contributed by atoms with Crippen molar-refractivity contribution in [3.63, 3.8) is 0 Å². The number of benzene rings is 2. The first-order valence-corrected chi connectivity index (χ1v) is 6.52. The molecule has 0 saturated heterocycles. The van der Waals surface area contributed by atoms with Crippen molar-refractivity contribution in [2.75, 3.05) is 13.7 Å². The van der Waals surface area contributed by atoms with E-state index in [1.54, 1.807) is 7.11 Å². The Kier molecular flexibility index (Phi) is 4.45. The normalized spacial score (nSPS) is 10.3. The number of hydrogen-bond donors (Lipinski definition) is 0. The van der Waals surface area contributed by atoms with Crippen LogP contribution < -0.4 is 9.47 Å². The molecule has 0 radical (unpaired) electrons. The van der Waals surface area contributed by atoms with Crippen molar-refractivity contribution in [2.24, 2.45) is 0 Å². The van der Waals surface area contributed by atoms with Crippen LogP contribution in [0.1, 0.15) is 16.7 Å². The van der Waals surface area contributed by atoms with Gasteiger partial charge in [-0.05, 0) is 48.7 Å². The van der Waals surface area contributed by atoms with E-state index in [-0.39, 0.29) is 0 Å². The molecule has 0 amide bonds. The largest absolute Gasteiger partial charge is 0.497 e. The van der Waals surface area contributed by atoms with Gasteiger partial charge in [0.1, 0.15) is 11.5 Å². The lowest BCUT2D eigenvalue weighted by atomic mass is 10.1. The van der Waals surface area contributed by atoms with Crippen LogP contribution in [0.2, 0.25) is 0 Å². The Labute approximate surface area is 115 Å². The van der Waals surface area contributed by atoms with E-state index in [1.807, 2.05) is 12.1 Å². The third-order valence-corrected chi connectivity index (χ3v) is 3.15. The average molecular weight is 256 g/mol. The molecule has 0 aliphatic carbocycles. The zero-order valence-electron chi connectivity index (χ0n) is 11.8. The summed E-state index contributed by atoms with van der Waals surface area (Å²) in [6.07, 6.45) is 0.900. The summed E-state index contributed by atoms with van der Waals surface area (Å²) in [6, 6.07) is 14.4. The monoisotopic (exact) mass is 256 g/mol. The van der Waals surface area contributed by atoms with Crippen molar-refractivity contribution < 1.29 is 9.47 Å². The molecule has 0 bridgehead atoms. The van der Waals surface area contributed by atoms with Gasteiger partial charge in [-0.15, -0.1) is 0 Å². The van der Waals surface area contributed by atoms with Gasteiger partial charge in [-0.2, -0.15) is 0 Å². The molecule has 0 aliphatic rings. The van der Waals surface area contributed by atoms with Gasteiger partial charge in [-0.25, -0.2) is 0 Å². The third kappa shape index (κ3) is 3.75. The minimum Gasteiger partial charge on any atom is -0.497 e. The third-order valence-electron chi connectivity index (χ3n) is 3.15. The molecule has 0 unspecified atom stereocenters. The number of rotatable bonds is 5. The Morgan fingerprint density at radius 1 is 0.947 bits per heavy atom. The summed E-state index contributed by atoms with van der Waals surface area (Å²) in [5.74, 6) is 1.87. The molecule has 100 valence electrons. The van der Waals surface area contributed by atoms with Gasteiger partial charge in [0.05, 0.1) is 13.7 Å².